The molecule has 78 valence electrons. The second kappa shape index (κ2) is 3.59. The molecule has 0 unspecified atom stereocenters. The second-order valence-corrected chi connectivity index (χ2v) is 4.02. The van der Waals surface area contributed by atoms with E-state index in [0.717, 1.165) is 19.3 Å². The Labute approximate surface area is 83.2 Å². The molecule has 2 fully saturated rings. The van der Waals surface area contributed by atoms with E-state index in [-0.39, 0.29) is 17.9 Å². The molecule has 4 heteroatoms. The quantitative estimate of drug-likeness (QED) is 0.586. The van der Waals surface area contributed by atoms with Crippen LogP contribution in [-0.4, -0.2) is 36.5 Å². The van der Waals surface area contributed by atoms with Crippen LogP contribution < -0.4 is 0 Å². The Morgan fingerprint density at radius 3 is 3.00 bits per heavy atom. The second-order valence-electron chi connectivity index (χ2n) is 4.02. The lowest BCUT2D eigenvalue weighted by atomic mass is 9.84. The lowest BCUT2D eigenvalue weighted by Gasteiger charge is -2.29. The molecule has 0 aromatic rings. The first-order valence-corrected chi connectivity index (χ1v) is 5.11. The van der Waals surface area contributed by atoms with E-state index in [1.807, 2.05) is 0 Å². The van der Waals surface area contributed by atoms with Crippen molar-refractivity contribution in [3.63, 3.8) is 0 Å². The molecule has 0 N–H and O–H groups in total. The van der Waals surface area contributed by atoms with E-state index >= 15 is 0 Å². The zero-order chi connectivity index (χ0) is 10.1. The Bertz CT molecular complexity index is 264. The molecule has 1 saturated heterocycles. The molecule has 0 aromatic heterocycles. The zero-order valence-corrected chi connectivity index (χ0v) is 8.36. The summed E-state index contributed by atoms with van der Waals surface area (Å²) in [6.45, 7) is 0.674. The summed E-state index contributed by atoms with van der Waals surface area (Å²) in [7, 11) is 1.36. The van der Waals surface area contributed by atoms with E-state index in [1.54, 1.807) is 4.90 Å². The molecule has 1 aliphatic carbocycles. The van der Waals surface area contributed by atoms with Gasteiger partial charge in [-0.3, -0.25) is 9.69 Å². The van der Waals surface area contributed by atoms with E-state index in [4.69, 9.17) is 0 Å². The van der Waals surface area contributed by atoms with Gasteiger partial charge < -0.3 is 4.74 Å². The Morgan fingerprint density at radius 1 is 1.50 bits per heavy atom. The number of ether oxygens (including phenoxy) is 1. The van der Waals surface area contributed by atoms with Gasteiger partial charge in [-0.15, -0.1) is 0 Å². The molecular formula is C10H15NO3. The fraction of sp³-hybridized carbons (Fsp3) is 0.800. The lowest BCUT2D eigenvalue weighted by molar-refractivity contribution is -0.125. The molecule has 0 radical (unpaired) electrons. The molecule has 0 aromatic carbocycles. The van der Waals surface area contributed by atoms with Crippen molar-refractivity contribution in [2.75, 3.05) is 13.7 Å². The van der Waals surface area contributed by atoms with Crippen LogP contribution in [0.4, 0.5) is 4.79 Å². The van der Waals surface area contributed by atoms with E-state index in [0.29, 0.717) is 18.9 Å². The van der Waals surface area contributed by atoms with Crippen molar-refractivity contribution in [1.29, 1.82) is 0 Å². The van der Waals surface area contributed by atoms with Crippen LogP contribution in [0.3, 0.4) is 0 Å². The summed E-state index contributed by atoms with van der Waals surface area (Å²) in [6.07, 6.45) is 3.27. The lowest BCUT2D eigenvalue weighted by Crippen LogP contribution is -2.44. The van der Waals surface area contributed by atoms with Gasteiger partial charge in [-0.2, -0.15) is 0 Å². The Kier molecular flexibility index (Phi) is 2.44. The maximum absolute atomic E-state index is 11.7. The van der Waals surface area contributed by atoms with Crippen LogP contribution in [-0.2, 0) is 9.53 Å². The normalized spacial score (nSPS) is 31.5. The van der Waals surface area contributed by atoms with Crippen molar-refractivity contribution >= 4 is 11.9 Å². The molecule has 0 bridgehead atoms. The summed E-state index contributed by atoms with van der Waals surface area (Å²) >= 11 is 0. The van der Waals surface area contributed by atoms with Gasteiger partial charge in [-0.1, -0.05) is 0 Å². The summed E-state index contributed by atoms with van der Waals surface area (Å²) in [5.41, 5.74) is 0. The molecule has 2 aliphatic rings. The molecule has 2 rings (SSSR count). The summed E-state index contributed by atoms with van der Waals surface area (Å²) in [5, 5.41) is 0. The van der Waals surface area contributed by atoms with Crippen molar-refractivity contribution in [3.8, 4) is 0 Å². The Morgan fingerprint density at radius 2 is 2.29 bits per heavy atom. The number of hydrogen-bond acceptors (Lipinski definition) is 3. The highest BCUT2D eigenvalue weighted by Gasteiger charge is 2.43. The van der Waals surface area contributed by atoms with Crippen molar-refractivity contribution < 1.29 is 14.3 Å². The molecular weight excluding hydrogens is 182 g/mol. The maximum Gasteiger partial charge on any atom is 0.410 e. The Balaban J connectivity index is 2.14. The van der Waals surface area contributed by atoms with Gasteiger partial charge in [0.1, 0.15) is 0 Å². The zero-order valence-electron chi connectivity index (χ0n) is 8.36. The van der Waals surface area contributed by atoms with Crippen molar-refractivity contribution in [3.05, 3.63) is 0 Å². The maximum atomic E-state index is 11.7. The molecule has 1 amide bonds. The summed E-state index contributed by atoms with van der Waals surface area (Å²) in [5.74, 6) is 0.597. The molecule has 1 heterocycles. The number of Topliss-reactive ketones (excluding diaryl/α,β-unsaturated/α-hetero) is 1. The van der Waals surface area contributed by atoms with Crippen LogP contribution in [0.2, 0.25) is 0 Å². The first kappa shape index (κ1) is 9.49. The number of carbonyl (C=O) groups excluding carboxylic acids is 2. The number of fused-ring (bicyclic) bond motifs is 1. The van der Waals surface area contributed by atoms with Crippen LogP contribution in [0.5, 0.6) is 0 Å². The molecule has 14 heavy (non-hydrogen) atoms. The third kappa shape index (κ3) is 1.38. The van der Waals surface area contributed by atoms with E-state index in [1.165, 1.54) is 7.11 Å². The standard InChI is InChI=1S/C10H15NO3/c1-14-10(13)11-6-5-7-3-2-4-8(12)9(7)11/h7,9H,2-6H2,1H3/t7-,9+/m0/s1. The van der Waals surface area contributed by atoms with Crippen molar-refractivity contribution in [1.82, 2.24) is 4.90 Å². The Hall–Kier alpha value is -1.06. The van der Waals surface area contributed by atoms with Gasteiger partial charge in [0.25, 0.3) is 0 Å². The van der Waals surface area contributed by atoms with Crippen LogP contribution in [0.15, 0.2) is 0 Å². The van der Waals surface area contributed by atoms with Gasteiger partial charge in [0.2, 0.25) is 0 Å². The molecule has 1 aliphatic heterocycles. The first-order valence-electron chi connectivity index (χ1n) is 5.11. The first-order chi connectivity index (χ1) is 6.74. The minimum atomic E-state index is -0.354. The van der Waals surface area contributed by atoms with E-state index in [9.17, 15) is 9.59 Å². The van der Waals surface area contributed by atoms with Crippen molar-refractivity contribution in [2.24, 2.45) is 5.92 Å². The largest absolute Gasteiger partial charge is 0.453 e. The molecule has 2 atom stereocenters. The van der Waals surface area contributed by atoms with Crippen LogP contribution in [0.1, 0.15) is 25.7 Å². The number of hydrogen-bond donors (Lipinski definition) is 0. The minimum Gasteiger partial charge on any atom is -0.453 e. The predicted octanol–water partition coefficient (Wildman–Crippen LogP) is 1.20. The summed E-state index contributed by atoms with van der Waals surface area (Å²) in [4.78, 5) is 24.6. The number of ketones is 1. The fourth-order valence-electron chi connectivity index (χ4n) is 2.60. The number of methoxy groups -OCH3 is 1. The SMILES string of the molecule is COC(=O)N1CC[C@@H]2CCCC(=O)[C@@H]21. The fourth-order valence-corrected chi connectivity index (χ4v) is 2.60. The van der Waals surface area contributed by atoms with Crippen molar-refractivity contribution in [2.45, 2.75) is 31.7 Å². The topological polar surface area (TPSA) is 46.6 Å². The van der Waals surface area contributed by atoms with Gasteiger partial charge in [0.05, 0.1) is 13.2 Å². The van der Waals surface area contributed by atoms with Gasteiger partial charge in [-0.05, 0) is 25.2 Å². The molecule has 0 spiro atoms. The minimum absolute atomic E-state index is 0.184. The monoisotopic (exact) mass is 197 g/mol. The van der Waals surface area contributed by atoms with Gasteiger partial charge >= 0.3 is 6.09 Å². The number of rotatable bonds is 0. The molecule has 4 nitrogen and oxygen atoms in total. The van der Waals surface area contributed by atoms with Crippen LogP contribution >= 0.6 is 0 Å². The van der Waals surface area contributed by atoms with Gasteiger partial charge in [0, 0.05) is 13.0 Å². The van der Waals surface area contributed by atoms with E-state index in [2.05, 4.69) is 4.74 Å². The van der Waals surface area contributed by atoms with Gasteiger partial charge in [-0.25, -0.2) is 4.79 Å². The third-order valence-electron chi connectivity index (χ3n) is 3.26. The number of nitrogens with zero attached hydrogens (tertiary/aromatic N) is 1. The highest BCUT2D eigenvalue weighted by atomic mass is 16.5. The summed E-state index contributed by atoms with van der Waals surface area (Å²) in [6, 6.07) is -0.184. The predicted molar refractivity (Wildman–Crippen MR) is 49.9 cm³/mol. The number of carbonyl (C=O) groups is 2. The van der Waals surface area contributed by atoms with Crippen LogP contribution in [0, 0.1) is 5.92 Å². The number of likely N-dealkylation sites (tertiary alicyclic amines) is 1. The smallest absolute Gasteiger partial charge is 0.410 e. The third-order valence-corrected chi connectivity index (χ3v) is 3.26. The van der Waals surface area contributed by atoms with Crippen LogP contribution in [0.25, 0.3) is 0 Å². The highest BCUT2D eigenvalue weighted by molar-refractivity contribution is 5.88. The van der Waals surface area contributed by atoms with Gasteiger partial charge in [0.15, 0.2) is 5.78 Å². The van der Waals surface area contributed by atoms with E-state index < -0.39 is 0 Å². The average molecular weight is 197 g/mol. The molecule has 1 saturated carbocycles. The number of amides is 1. The summed E-state index contributed by atoms with van der Waals surface area (Å²) < 4.78 is 4.67. The highest BCUT2D eigenvalue weighted by Crippen LogP contribution is 2.34. The average Bonchev–Trinajstić information content (AvgIpc) is 2.62.